The van der Waals surface area contributed by atoms with Crippen LogP contribution in [-0.2, 0) is 0 Å². The molecule has 3 heteroatoms. The predicted molar refractivity (Wildman–Crippen MR) is 39.5 cm³/mol. The molecule has 1 aromatic rings. The van der Waals surface area contributed by atoms with Gasteiger partial charge in [0.05, 0.1) is 6.20 Å². The summed E-state index contributed by atoms with van der Waals surface area (Å²) in [6.45, 7) is 6.69. The van der Waals surface area contributed by atoms with Gasteiger partial charge in [0.1, 0.15) is 13.5 Å². The molecule has 50 valence electrons. The first-order valence-electron chi connectivity index (χ1n) is 2.99. The maximum atomic E-state index is 5.15. The van der Waals surface area contributed by atoms with Gasteiger partial charge in [-0.25, -0.2) is 4.98 Å². The average molecular weight is 141 g/mol. The van der Waals surface area contributed by atoms with E-state index in [4.69, 9.17) is 4.42 Å². The fourth-order valence-corrected chi connectivity index (χ4v) is 1.45. The van der Waals surface area contributed by atoms with Gasteiger partial charge >= 0.3 is 0 Å². The summed E-state index contributed by atoms with van der Waals surface area (Å²) in [5.74, 6) is 0. The number of aromatic nitrogens is 1. The second kappa shape index (κ2) is 1.99. The lowest BCUT2D eigenvalue weighted by Gasteiger charge is -2.09. The Balaban J connectivity index is 2.90. The second-order valence-corrected chi connectivity index (χ2v) is 8.11. The van der Waals surface area contributed by atoms with Crippen molar-refractivity contribution < 1.29 is 4.42 Å². The molecule has 0 saturated heterocycles. The van der Waals surface area contributed by atoms with Gasteiger partial charge in [0.25, 0.3) is 0 Å². The lowest BCUT2D eigenvalue weighted by atomic mass is 11.0. The summed E-state index contributed by atoms with van der Waals surface area (Å²) < 4.78 is 5.15. The van der Waals surface area contributed by atoms with Gasteiger partial charge < -0.3 is 4.42 Å². The van der Waals surface area contributed by atoms with Crippen molar-refractivity contribution in [2.45, 2.75) is 19.6 Å². The van der Waals surface area contributed by atoms with Crippen LogP contribution in [0.3, 0.4) is 0 Å². The second-order valence-electron chi connectivity index (χ2n) is 3.12. The third-order valence-corrected chi connectivity index (χ3v) is 2.90. The Morgan fingerprint density at radius 1 is 1.44 bits per heavy atom. The molecule has 0 amide bonds. The molecule has 0 spiro atoms. The Kier molecular flexibility index (Phi) is 1.44. The first-order chi connectivity index (χ1) is 4.11. The Hall–Kier alpha value is -0.573. The van der Waals surface area contributed by atoms with Crippen LogP contribution in [0.5, 0.6) is 0 Å². The number of nitrogens with zero attached hydrogens (tertiary/aromatic N) is 1. The molecule has 9 heavy (non-hydrogen) atoms. The van der Waals surface area contributed by atoms with E-state index in [0.717, 1.165) is 5.38 Å². The number of rotatable bonds is 1. The summed E-state index contributed by atoms with van der Waals surface area (Å²) in [6.07, 6.45) is 3.31. The van der Waals surface area contributed by atoms with Gasteiger partial charge in [-0.2, -0.15) is 0 Å². The van der Waals surface area contributed by atoms with Crippen molar-refractivity contribution in [3.05, 3.63) is 12.6 Å². The van der Waals surface area contributed by atoms with Crippen LogP contribution < -0.4 is 5.38 Å². The van der Waals surface area contributed by atoms with E-state index in [0.29, 0.717) is 0 Å². The van der Waals surface area contributed by atoms with E-state index in [9.17, 15) is 0 Å². The van der Waals surface area contributed by atoms with Crippen LogP contribution in [0.15, 0.2) is 17.0 Å². The zero-order valence-corrected chi connectivity index (χ0v) is 7.01. The van der Waals surface area contributed by atoms with Gasteiger partial charge in [0, 0.05) is 0 Å². The molecule has 0 aliphatic rings. The maximum absolute atomic E-state index is 5.15. The minimum Gasteiger partial charge on any atom is -0.454 e. The summed E-state index contributed by atoms with van der Waals surface area (Å²) in [7, 11) is -1.21. The Morgan fingerprint density at radius 3 is 2.33 bits per heavy atom. The summed E-state index contributed by atoms with van der Waals surface area (Å²) in [5, 5.41) is 1.07. The van der Waals surface area contributed by atoms with Gasteiger partial charge in [-0.3, -0.25) is 0 Å². The molecule has 0 atom stereocenters. The van der Waals surface area contributed by atoms with E-state index in [1.54, 1.807) is 0 Å². The van der Waals surface area contributed by atoms with E-state index >= 15 is 0 Å². The van der Waals surface area contributed by atoms with Crippen LogP contribution in [0.2, 0.25) is 19.6 Å². The molecule has 2 nitrogen and oxygen atoms in total. The molecule has 1 heterocycles. The Morgan fingerprint density at radius 2 is 2.11 bits per heavy atom. The summed E-state index contributed by atoms with van der Waals surface area (Å²) in [5.41, 5.74) is 0. The third-order valence-electron chi connectivity index (χ3n) is 1.17. The highest BCUT2D eigenvalue weighted by Crippen LogP contribution is 1.99. The molecule has 0 saturated carbocycles. The Labute approximate surface area is 55.9 Å². The SMILES string of the molecule is C[Si](C)(C)c1cnco1. The maximum Gasteiger partial charge on any atom is 0.180 e. The monoisotopic (exact) mass is 141 g/mol. The van der Waals surface area contributed by atoms with Crippen molar-refractivity contribution in [3.63, 3.8) is 0 Å². The molecule has 0 unspecified atom stereocenters. The molecule has 0 aliphatic heterocycles. The lowest BCUT2D eigenvalue weighted by molar-refractivity contribution is 0.586. The topological polar surface area (TPSA) is 26.0 Å². The minimum atomic E-state index is -1.21. The van der Waals surface area contributed by atoms with E-state index in [1.165, 1.54) is 6.39 Å². The largest absolute Gasteiger partial charge is 0.454 e. The first-order valence-corrected chi connectivity index (χ1v) is 6.49. The highest BCUT2D eigenvalue weighted by Gasteiger charge is 2.19. The van der Waals surface area contributed by atoms with Gasteiger partial charge in [-0.1, -0.05) is 19.6 Å². The average Bonchev–Trinajstić information content (AvgIpc) is 2.08. The fourth-order valence-electron chi connectivity index (χ4n) is 0.586. The smallest absolute Gasteiger partial charge is 0.180 e. The van der Waals surface area contributed by atoms with E-state index in [1.807, 2.05) is 6.20 Å². The predicted octanol–water partition coefficient (Wildman–Crippen LogP) is 1.22. The summed E-state index contributed by atoms with van der Waals surface area (Å²) in [6, 6.07) is 0. The minimum absolute atomic E-state index is 1.07. The molecule has 0 aliphatic carbocycles. The van der Waals surface area contributed by atoms with Crippen LogP contribution in [-0.4, -0.2) is 13.1 Å². The highest BCUT2D eigenvalue weighted by atomic mass is 28.3. The molecule has 0 radical (unpaired) electrons. The molecule has 0 fully saturated rings. The van der Waals surface area contributed by atoms with Gasteiger partial charge in [-0.15, -0.1) is 0 Å². The fraction of sp³-hybridized carbons (Fsp3) is 0.500. The van der Waals surface area contributed by atoms with Gasteiger partial charge in [0.2, 0.25) is 0 Å². The van der Waals surface area contributed by atoms with Crippen LogP contribution >= 0.6 is 0 Å². The third kappa shape index (κ3) is 1.42. The van der Waals surface area contributed by atoms with Crippen molar-refractivity contribution in [2.75, 3.05) is 0 Å². The molecule has 0 aromatic carbocycles. The van der Waals surface area contributed by atoms with Crippen LogP contribution in [0.1, 0.15) is 0 Å². The molecular formula is C6H11NOSi. The summed E-state index contributed by atoms with van der Waals surface area (Å²) in [4.78, 5) is 3.86. The van der Waals surface area contributed by atoms with Crippen LogP contribution in [0.4, 0.5) is 0 Å². The first kappa shape index (κ1) is 6.55. The zero-order chi connectivity index (χ0) is 6.91. The quantitative estimate of drug-likeness (QED) is 0.550. The number of hydrogen-bond acceptors (Lipinski definition) is 2. The van der Waals surface area contributed by atoms with Crippen molar-refractivity contribution >= 4 is 13.5 Å². The van der Waals surface area contributed by atoms with Crippen molar-refractivity contribution in [1.29, 1.82) is 0 Å². The van der Waals surface area contributed by atoms with Crippen molar-refractivity contribution in [1.82, 2.24) is 4.98 Å². The van der Waals surface area contributed by atoms with Gasteiger partial charge in [0.15, 0.2) is 6.39 Å². The normalized spacial score (nSPS) is 11.9. The zero-order valence-electron chi connectivity index (χ0n) is 6.01. The lowest BCUT2D eigenvalue weighted by Crippen LogP contribution is -2.36. The summed E-state index contributed by atoms with van der Waals surface area (Å²) >= 11 is 0. The molecule has 0 bridgehead atoms. The van der Waals surface area contributed by atoms with Crippen LogP contribution in [0, 0.1) is 0 Å². The van der Waals surface area contributed by atoms with E-state index in [-0.39, 0.29) is 0 Å². The number of hydrogen-bond donors (Lipinski definition) is 0. The van der Waals surface area contributed by atoms with Crippen molar-refractivity contribution in [2.24, 2.45) is 0 Å². The van der Waals surface area contributed by atoms with Gasteiger partial charge in [-0.05, 0) is 0 Å². The van der Waals surface area contributed by atoms with E-state index in [2.05, 4.69) is 24.6 Å². The standard InChI is InChI=1S/C6H11NOSi/c1-9(2,3)6-4-7-5-8-6/h4-5H,1-3H3. The molecule has 0 N–H and O–H groups in total. The van der Waals surface area contributed by atoms with Crippen LogP contribution in [0.25, 0.3) is 0 Å². The molecule has 1 aromatic heterocycles. The Bertz CT molecular complexity index is 175. The molecular weight excluding hydrogens is 130 g/mol. The molecule has 1 rings (SSSR count). The van der Waals surface area contributed by atoms with Crippen molar-refractivity contribution in [3.8, 4) is 0 Å². The number of oxazole rings is 1. The van der Waals surface area contributed by atoms with E-state index < -0.39 is 8.07 Å². The highest BCUT2D eigenvalue weighted by molar-refractivity contribution is 6.87.